The number of hydrogen-bond acceptors (Lipinski definition) is 3. The molecule has 1 aliphatic carbocycles. The van der Waals surface area contributed by atoms with Crippen molar-refractivity contribution in [3.63, 3.8) is 0 Å². The third-order valence-corrected chi connectivity index (χ3v) is 1.66. The van der Waals surface area contributed by atoms with Gasteiger partial charge >= 0.3 is 11.4 Å². The second-order valence-corrected chi connectivity index (χ2v) is 2.70. The molecule has 1 rings (SSSR count). The number of nitrogens with zero attached hydrogens (tertiary/aromatic N) is 3. The highest BCUT2D eigenvalue weighted by molar-refractivity contribution is 5.36. The van der Waals surface area contributed by atoms with Gasteiger partial charge in [0.05, 0.1) is 4.92 Å². The van der Waals surface area contributed by atoms with Crippen LogP contribution in [0.2, 0.25) is 0 Å². The largest absolute Gasteiger partial charge is 0.460 e. The molecule has 0 heterocycles. The average molecular weight is 178 g/mol. The molecule has 0 fully saturated rings. The summed E-state index contributed by atoms with van der Waals surface area (Å²) in [5, 5.41) is 19.0. The summed E-state index contributed by atoms with van der Waals surface area (Å²) < 4.78 is 0. The summed E-state index contributed by atoms with van der Waals surface area (Å²) in [6, 6.07) is 0. The Bertz CT molecular complexity index is 360. The van der Waals surface area contributed by atoms with Crippen LogP contribution in [0.5, 0.6) is 0 Å². The average Bonchev–Trinajstić information content (AvgIpc) is 2.26. The maximum Gasteiger partial charge on any atom is 0.460 e. The highest BCUT2D eigenvalue weighted by atomic mass is 16.6. The first kappa shape index (κ1) is 9.13. The van der Waals surface area contributed by atoms with Crippen LogP contribution in [0.25, 0.3) is 4.98 Å². The zero-order chi connectivity index (χ0) is 9.84. The van der Waals surface area contributed by atoms with E-state index in [9.17, 15) is 10.1 Å². The summed E-state index contributed by atoms with van der Waals surface area (Å²) in [6.45, 7) is 1.81. The van der Waals surface area contributed by atoms with E-state index in [0.717, 1.165) is 0 Å². The molecule has 5 heteroatoms. The maximum absolute atomic E-state index is 10.5. The molecule has 0 aliphatic heterocycles. The summed E-state index contributed by atoms with van der Waals surface area (Å²) >= 11 is 0. The van der Waals surface area contributed by atoms with E-state index < -0.39 is 4.92 Å². The Morgan fingerprint density at radius 2 is 2.38 bits per heavy atom. The van der Waals surface area contributed by atoms with Gasteiger partial charge in [-0.25, -0.2) is 0 Å². The van der Waals surface area contributed by atoms with Crippen molar-refractivity contribution in [2.24, 2.45) is 5.92 Å². The summed E-state index contributed by atoms with van der Waals surface area (Å²) in [4.78, 5) is 12.8. The molecule has 0 aromatic carbocycles. The van der Waals surface area contributed by atoms with Gasteiger partial charge in [0.1, 0.15) is 0 Å². The fraction of sp³-hybridized carbons (Fsp3) is 0.250. The minimum Gasteiger partial charge on any atom is -0.258 e. The van der Waals surface area contributed by atoms with Crippen molar-refractivity contribution < 1.29 is 4.92 Å². The number of diazo groups is 1. The minimum absolute atomic E-state index is 0.0226. The monoisotopic (exact) mass is 178 g/mol. The lowest BCUT2D eigenvalue weighted by molar-refractivity contribution is -0.420. The predicted molar refractivity (Wildman–Crippen MR) is 46.5 cm³/mol. The zero-order valence-corrected chi connectivity index (χ0v) is 7.04. The SMILES string of the molecule is CC1C=CC=C([N+]#N)C([N+](=O)[O-])=C1. The lowest BCUT2D eigenvalue weighted by Crippen LogP contribution is -2.01. The first-order valence-corrected chi connectivity index (χ1v) is 3.75. The molecular formula is C8H8N3O2+. The van der Waals surface area contributed by atoms with Crippen molar-refractivity contribution in [1.29, 1.82) is 5.39 Å². The van der Waals surface area contributed by atoms with Crippen LogP contribution < -0.4 is 0 Å². The molecule has 0 N–H and O–H groups in total. The van der Waals surface area contributed by atoms with Crippen molar-refractivity contribution in [3.8, 4) is 0 Å². The standard InChI is InChI=1S/C8H8N3O2/c1-6-3-2-4-7(10-9)8(5-6)11(12)13/h2-6H,1H3/q+1. The lowest BCUT2D eigenvalue weighted by atomic mass is 10.1. The quantitative estimate of drug-likeness (QED) is 0.350. The Balaban J connectivity index is 3.15. The maximum atomic E-state index is 10.5. The molecule has 5 nitrogen and oxygen atoms in total. The van der Waals surface area contributed by atoms with Crippen LogP contribution >= 0.6 is 0 Å². The van der Waals surface area contributed by atoms with Gasteiger partial charge < -0.3 is 0 Å². The van der Waals surface area contributed by atoms with Crippen LogP contribution in [-0.2, 0) is 0 Å². The second-order valence-electron chi connectivity index (χ2n) is 2.70. The second kappa shape index (κ2) is 3.63. The van der Waals surface area contributed by atoms with Crippen LogP contribution in [0.3, 0.4) is 0 Å². The van der Waals surface area contributed by atoms with Crippen LogP contribution in [0.15, 0.2) is 35.7 Å². The predicted octanol–water partition coefficient (Wildman–Crippen LogP) is 2.09. The molecule has 1 aliphatic rings. The lowest BCUT2D eigenvalue weighted by Gasteiger charge is -1.92. The molecular weight excluding hydrogens is 170 g/mol. The Morgan fingerprint density at radius 3 is 2.92 bits per heavy atom. The Morgan fingerprint density at radius 1 is 1.69 bits per heavy atom. The number of hydrogen-bond donors (Lipinski definition) is 0. The molecule has 1 unspecified atom stereocenters. The minimum atomic E-state index is -0.560. The third kappa shape index (κ3) is 1.99. The van der Waals surface area contributed by atoms with E-state index in [2.05, 4.69) is 4.98 Å². The van der Waals surface area contributed by atoms with E-state index in [-0.39, 0.29) is 17.3 Å². The fourth-order valence-corrected chi connectivity index (χ4v) is 1.04. The number of rotatable bonds is 1. The molecule has 0 aromatic heterocycles. The van der Waals surface area contributed by atoms with Gasteiger partial charge in [-0.05, 0) is 5.92 Å². The van der Waals surface area contributed by atoms with Crippen LogP contribution in [0, 0.1) is 21.4 Å². The Labute approximate surface area is 74.8 Å². The fourth-order valence-electron chi connectivity index (χ4n) is 1.04. The Hall–Kier alpha value is -1.96. The zero-order valence-electron chi connectivity index (χ0n) is 7.04. The number of allylic oxidation sites excluding steroid dienone is 4. The van der Waals surface area contributed by atoms with E-state index in [4.69, 9.17) is 5.39 Å². The summed E-state index contributed by atoms with van der Waals surface area (Å²) in [5.41, 5.74) is -0.189. The highest BCUT2D eigenvalue weighted by Gasteiger charge is 2.30. The van der Waals surface area contributed by atoms with Gasteiger partial charge in [0.2, 0.25) is 5.39 Å². The summed E-state index contributed by atoms with van der Waals surface area (Å²) in [7, 11) is 0. The molecule has 0 bridgehead atoms. The summed E-state index contributed by atoms with van der Waals surface area (Å²) in [5.74, 6) is -0.0316. The summed E-state index contributed by atoms with van der Waals surface area (Å²) in [6.07, 6.45) is 6.25. The molecule has 0 saturated heterocycles. The van der Waals surface area contributed by atoms with E-state index in [1.54, 1.807) is 12.2 Å². The topological polar surface area (TPSA) is 71.3 Å². The first-order valence-electron chi connectivity index (χ1n) is 3.75. The van der Waals surface area contributed by atoms with Crippen LogP contribution in [0.1, 0.15) is 6.92 Å². The van der Waals surface area contributed by atoms with Crippen LogP contribution in [-0.4, -0.2) is 4.92 Å². The van der Waals surface area contributed by atoms with Crippen molar-refractivity contribution >= 4 is 0 Å². The van der Waals surface area contributed by atoms with Gasteiger partial charge in [-0.3, -0.25) is 10.1 Å². The van der Waals surface area contributed by atoms with Gasteiger partial charge in [-0.1, -0.05) is 19.1 Å². The number of nitro groups is 1. The molecule has 0 aromatic rings. The third-order valence-electron chi connectivity index (χ3n) is 1.66. The van der Waals surface area contributed by atoms with E-state index in [1.807, 2.05) is 6.92 Å². The highest BCUT2D eigenvalue weighted by Crippen LogP contribution is 2.19. The molecule has 0 saturated carbocycles. The van der Waals surface area contributed by atoms with E-state index >= 15 is 0 Å². The van der Waals surface area contributed by atoms with Crippen molar-refractivity contribution in [1.82, 2.24) is 0 Å². The molecule has 66 valence electrons. The van der Waals surface area contributed by atoms with Crippen LogP contribution in [0.4, 0.5) is 0 Å². The molecule has 0 amide bonds. The van der Waals surface area contributed by atoms with Gasteiger partial charge in [-0.15, -0.1) is 0 Å². The molecule has 13 heavy (non-hydrogen) atoms. The molecule has 0 radical (unpaired) electrons. The van der Waals surface area contributed by atoms with Gasteiger partial charge in [0.15, 0.2) is 4.98 Å². The van der Waals surface area contributed by atoms with Gasteiger partial charge in [-0.2, -0.15) is 0 Å². The smallest absolute Gasteiger partial charge is 0.258 e. The van der Waals surface area contributed by atoms with Crippen molar-refractivity contribution in [2.75, 3.05) is 0 Å². The first-order chi connectivity index (χ1) is 6.15. The molecule has 0 spiro atoms. The van der Waals surface area contributed by atoms with Gasteiger partial charge in [0.25, 0.3) is 0 Å². The van der Waals surface area contributed by atoms with E-state index in [0.29, 0.717) is 0 Å². The van der Waals surface area contributed by atoms with Crippen molar-refractivity contribution in [2.45, 2.75) is 6.92 Å². The van der Waals surface area contributed by atoms with Crippen molar-refractivity contribution in [3.05, 3.63) is 50.8 Å². The molecule has 1 atom stereocenters. The Kier molecular flexibility index (Phi) is 2.55. The van der Waals surface area contributed by atoms with E-state index in [1.165, 1.54) is 12.2 Å². The normalized spacial score (nSPS) is 21.1. The van der Waals surface area contributed by atoms with Gasteiger partial charge in [0, 0.05) is 12.2 Å².